The Morgan fingerprint density at radius 3 is 1.08 bits per heavy atom. The summed E-state index contributed by atoms with van der Waals surface area (Å²) in [5.74, 6) is 0. The molecule has 2 heteroatoms. The lowest BCUT2D eigenvalue weighted by Crippen LogP contribution is -2.16. The molecule has 0 spiro atoms. The standard InChI is InChI=1S/C24H52N2/c1-2-3-4-5-6-7-11-14-17-20-23-26-24-21-18-15-12-9-8-10-13-16-19-22-25/h26H,2-25H2,1H3. The van der Waals surface area contributed by atoms with Crippen LogP contribution >= 0.6 is 0 Å². The molecule has 0 bridgehead atoms. The van der Waals surface area contributed by atoms with Gasteiger partial charge in [0.05, 0.1) is 0 Å². The molecule has 0 unspecified atom stereocenters. The Bertz CT molecular complexity index is 206. The van der Waals surface area contributed by atoms with Gasteiger partial charge in [0.1, 0.15) is 0 Å². The molecule has 0 aromatic heterocycles. The molecule has 0 amide bonds. The average Bonchev–Trinajstić information content (AvgIpc) is 2.66. The Labute approximate surface area is 166 Å². The van der Waals surface area contributed by atoms with E-state index in [1.165, 1.54) is 142 Å². The predicted molar refractivity (Wildman–Crippen MR) is 120 cm³/mol. The highest BCUT2D eigenvalue weighted by atomic mass is 14.8. The third kappa shape index (κ3) is 23.9. The minimum atomic E-state index is 0.868. The van der Waals surface area contributed by atoms with E-state index in [-0.39, 0.29) is 0 Å². The normalized spacial score (nSPS) is 11.3. The molecule has 0 saturated carbocycles. The highest BCUT2D eigenvalue weighted by Crippen LogP contribution is 2.11. The number of nitrogens with one attached hydrogen (secondary N) is 1. The second kappa shape index (κ2) is 24.9. The zero-order valence-electron chi connectivity index (χ0n) is 18.3. The average molecular weight is 369 g/mol. The first-order valence-corrected chi connectivity index (χ1v) is 12.3. The van der Waals surface area contributed by atoms with Crippen LogP contribution in [0, 0.1) is 0 Å². The van der Waals surface area contributed by atoms with Crippen molar-refractivity contribution in [2.24, 2.45) is 5.73 Å². The Hall–Kier alpha value is -0.0800. The first kappa shape index (κ1) is 25.9. The maximum Gasteiger partial charge on any atom is -0.00489 e. The van der Waals surface area contributed by atoms with Crippen LogP contribution in [-0.4, -0.2) is 19.6 Å². The van der Waals surface area contributed by atoms with Gasteiger partial charge in [0.25, 0.3) is 0 Å². The molecule has 0 aliphatic carbocycles. The van der Waals surface area contributed by atoms with E-state index in [4.69, 9.17) is 5.73 Å². The molecule has 0 aliphatic heterocycles. The van der Waals surface area contributed by atoms with Crippen molar-refractivity contribution in [3.8, 4) is 0 Å². The van der Waals surface area contributed by atoms with Crippen molar-refractivity contribution in [3.05, 3.63) is 0 Å². The van der Waals surface area contributed by atoms with Crippen LogP contribution < -0.4 is 11.1 Å². The molecule has 0 aliphatic rings. The molecule has 0 fully saturated rings. The summed E-state index contributed by atoms with van der Waals surface area (Å²) in [5, 5.41) is 3.63. The first-order valence-electron chi connectivity index (χ1n) is 12.3. The van der Waals surface area contributed by atoms with Crippen LogP contribution in [0.15, 0.2) is 0 Å². The topological polar surface area (TPSA) is 38.0 Å². The Balaban J connectivity index is 2.95. The Kier molecular flexibility index (Phi) is 24.8. The molecule has 0 aromatic rings. The monoisotopic (exact) mass is 368 g/mol. The SMILES string of the molecule is CCCCCCCCCCCCNCCCCCCCCCCCCN. The van der Waals surface area contributed by atoms with Gasteiger partial charge in [-0.05, 0) is 38.9 Å². The van der Waals surface area contributed by atoms with Crippen LogP contribution in [0.5, 0.6) is 0 Å². The van der Waals surface area contributed by atoms with E-state index in [0.717, 1.165) is 6.54 Å². The Morgan fingerprint density at radius 1 is 0.423 bits per heavy atom. The van der Waals surface area contributed by atoms with Gasteiger partial charge >= 0.3 is 0 Å². The van der Waals surface area contributed by atoms with E-state index in [9.17, 15) is 0 Å². The van der Waals surface area contributed by atoms with E-state index < -0.39 is 0 Å². The molecule has 0 rings (SSSR count). The van der Waals surface area contributed by atoms with Crippen molar-refractivity contribution in [1.82, 2.24) is 5.32 Å². The molecule has 0 atom stereocenters. The Morgan fingerprint density at radius 2 is 0.731 bits per heavy atom. The lowest BCUT2D eigenvalue weighted by molar-refractivity contribution is 0.525. The van der Waals surface area contributed by atoms with E-state index >= 15 is 0 Å². The highest BCUT2D eigenvalue weighted by molar-refractivity contribution is 4.53. The maximum absolute atomic E-state index is 5.51. The number of hydrogen-bond donors (Lipinski definition) is 2. The van der Waals surface area contributed by atoms with Gasteiger partial charge in [-0.2, -0.15) is 0 Å². The van der Waals surface area contributed by atoms with Gasteiger partial charge in [0.2, 0.25) is 0 Å². The smallest absolute Gasteiger partial charge is 0.00489 e. The van der Waals surface area contributed by atoms with Gasteiger partial charge in [-0.3, -0.25) is 0 Å². The fourth-order valence-corrected chi connectivity index (χ4v) is 3.67. The van der Waals surface area contributed by atoms with Crippen molar-refractivity contribution in [2.75, 3.05) is 19.6 Å². The van der Waals surface area contributed by atoms with E-state index in [2.05, 4.69) is 12.2 Å². The molecule has 0 saturated heterocycles. The second-order valence-electron chi connectivity index (χ2n) is 8.26. The van der Waals surface area contributed by atoms with Crippen LogP contribution in [0.25, 0.3) is 0 Å². The lowest BCUT2D eigenvalue weighted by atomic mass is 10.1. The van der Waals surface area contributed by atoms with Crippen molar-refractivity contribution in [2.45, 2.75) is 135 Å². The van der Waals surface area contributed by atoms with Gasteiger partial charge in [-0.1, -0.05) is 116 Å². The zero-order valence-corrected chi connectivity index (χ0v) is 18.3. The minimum Gasteiger partial charge on any atom is -0.330 e. The summed E-state index contributed by atoms with van der Waals surface area (Å²) in [6, 6.07) is 0. The fourth-order valence-electron chi connectivity index (χ4n) is 3.67. The quantitative estimate of drug-likeness (QED) is 0.185. The summed E-state index contributed by atoms with van der Waals surface area (Å²) in [4.78, 5) is 0. The molecule has 0 aromatic carbocycles. The van der Waals surface area contributed by atoms with Gasteiger partial charge in [0.15, 0.2) is 0 Å². The summed E-state index contributed by atoms with van der Waals surface area (Å²) in [7, 11) is 0. The number of hydrogen-bond acceptors (Lipinski definition) is 2. The molecule has 0 radical (unpaired) electrons. The highest BCUT2D eigenvalue weighted by Gasteiger charge is 1.95. The number of rotatable bonds is 23. The molecular weight excluding hydrogens is 316 g/mol. The van der Waals surface area contributed by atoms with Crippen molar-refractivity contribution < 1.29 is 0 Å². The van der Waals surface area contributed by atoms with Crippen molar-refractivity contribution in [3.63, 3.8) is 0 Å². The summed E-state index contributed by atoms with van der Waals surface area (Å²) < 4.78 is 0. The van der Waals surface area contributed by atoms with Gasteiger partial charge in [-0.25, -0.2) is 0 Å². The van der Waals surface area contributed by atoms with E-state index in [0.29, 0.717) is 0 Å². The van der Waals surface area contributed by atoms with Gasteiger partial charge in [0, 0.05) is 0 Å². The molecule has 26 heavy (non-hydrogen) atoms. The van der Waals surface area contributed by atoms with E-state index in [1.54, 1.807) is 0 Å². The van der Waals surface area contributed by atoms with Crippen LogP contribution in [0.1, 0.15) is 135 Å². The summed E-state index contributed by atoms with van der Waals surface area (Å²) in [6.45, 7) is 5.63. The zero-order chi connectivity index (χ0) is 19.0. The largest absolute Gasteiger partial charge is 0.330 e. The summed E-state index contributed by atoms with van der Waals surface area (Å²) >= 11 is 0. The number of nitrogens with two attached hydrogens (primary N) is 1. The van der Waals surface area contributed by atoms with Crippen LogP contribution in [0.3, 0.4) is 0 Å². The van der Waals surface area contributed by atoms with Crippen molar-refractivity contribution in [1.29, 1.82) is 0 Å². The van der Waals surface area contributed by atoms with Gasteiger partial charge < -0.3 is 11.1 Å². The second-order valence-corrected chi connectivity index (χ2v) is 8.26. The van der Waals surface area contributed by atoms with Crippen molar-refractivity contribution >= 4 is 0 Å². The molecule has 3 N–H and O–H groups in total. The third-order valence-electron chi connectivity index (χ3n) is 5.51. The summed E-state index contributed by atoms with van der Waals surface area (Å²) in [6.07, 6.45) is 28.2. The maximum atomic E-state index is 5.51. The number of unbranched alkanes of at least 4 members (excludes halogenated alkanes) is 18. The van der Waals surface area contributed by atoms with Crippen LogP contribution in [0.2, 0.25) is 0 Å². The predicted octanol–water partition coefficient (Wildman–Crippen LogP) is 7.36. The molecule has 0 heterocycles. The summed E-state index contributed by atoms with van der Waals surface area (Å²) in [5.41, 5.74) is 5.51. The molecule has 158 valence electrons. The first-order chi connectivity index (χ1) is 12.9. The molecular formula is C24H52N2. The van der Waals surface area contributed by atoms with E-state index in [1.807, 2.05) is 0 Å². The fraction of sp³-hybridized carbons (Fsp3) is 1.00. The minimum absolute atomic E-state index is 0.868. The van der Waals surface area contributed by atoms with Gasteiger partial charge in [-0.15, -0.1) is 0 Å². The lowest BCUT2D eigenvalue weighted by Gasteiger charge is -2.05. The third-order valence-corrected chi connectivity index (χ3v) is 5.51. The van der Waals surface area contributed by atoms with Crippen LogP contribution in [0.4, 0.5) is 0 Å². The van der Waals surface area contributed by atoms with Crippen LogP contribution in [-0.2, 0) is 0 Å². The molecule has 2 nitrogen and oxygen atoms in total.